The van der Waals surface area contributed by atoms with Crippen molar-refractivity contribution in [3.05, 3.63) is 57.1 Å². The second-order valence-electron chi connectivity index (χ2n) is 7.53. The molecule has 3 heterocycles. The van der Waals surface area contributed by atoms with Crippen molar-refractivity contribution in [2.45, 2.75) is 25.8 Å². The predicted octanol–water partition coefficient (Wildman–Crippen LogP) is 1.42. The van der Waals surface area contributed by atoms with Crippen molar-refractivity contribution in [1.29, 1.82) is 0 Å². The van der Waals surface area contributed by atoms with Crippen molar-refractivity contribution < 1.29 is 18.4 Å². The quantitative estimate of drug-likeness (QED) is 0.764. The van der Waals surface area contributed by atoms with Crippen LogP contribution >= 0.6 is 0 Å². The standard InChI is InChI=1S/C20H23F2N5O3/c1-20(21,22)11-25-18(29)16-14-6-7-27(10-13(14)9-24-17(16)28)19(30)12-4-5-15(23-8-12)26(2)3/h4-5,8-9H,6-7,10-11H2,1-3H3,(H,24,28)(H,25,29). The molecule has 0 fully saturated rings. The third kappa shape index (κ3) is 4.64. The molecule has 160 valence electrons. The number of aromatic nitrogens is 2. The zero-order valence-corrected chi connectivity index (χ0v) is 17.0. The number of rotatable bonds is 5. The number of pyridine rings is 2. The minimum atomic E-state index is -3.09. The smallest absolute Gasteiger partial charge is 0.262 e. The van der Waals surface area contributed by atoms with Crippen LogP contribution in [0.25, 0.3) is 0 Å². The molecule has 1 aliphatic heterocycles. The average Bonchev–Trinajstić information content (AvgIpc) is 2.70. The lowest BCUT2D eigenvalue weighted by atomic mass is 9.96. The molecular formula is C20H23F2N5O3. The van der Waals surface area contributed by atoms with Gasteiger partial charge in [0.15, 0.2) is 0 Å². The van der Waals surface area contributed by atoms with Crippen molar-refractivity contribution in [1.82, 2.24) is 20.2 Å². The molecule has 0 aliphatic carbocycles. The fourth-order valence-corrected chi connectivity index (χ4v) is 3.26. The molecule has 0 atom stereocenters. The van der Waals surface area contributed by atoms with Crippen LogP contribution in [0.4, 0.5) is 14.6 Å². The molecule has 8 nitrogen and oxygen atoms in total. The number of amides is 2. The van der Waals surface area contributed by atoms with E-state index in [1.807, 2.05) is 19.0 Å². The number of nitrogens with one attached hydrogen (secondary N) is 2. The van der Waals surface area contributed by atoms with Gasteiger partial charge in [-0.25, -0.2) is 13.8 Å². The van der Waals surface area contributed by atoms with Crippen LogP contribution in [0.15, 0.2) is 29.3 Å². The van der Waals surface area contributed by atoms with E-state index in [4.69, 9.17) is 0 Å². The second-order valence-corrected chi connectivity index (χ2v) is 7.53. The van der Waals surface area contributed by atoms with Gasteiger partial charge in [0.05, 0.1) is 12.1 Å². The Labute approximate surface area is 171 Å². The number of fused-ring (bicyclic) bond motifs is 1. The van der Waals surface area contributed by atoms with Gasteiger partial charge in [-0.3, -0.25) is 14.4 Å². The van der Waals surface area contributed by atoms with E-state index in [0.717, 1.165) is 5.82 Å². The molecule has 0 radical (unpaired) electrons. The molecule has 0 bridgehead atoms. The number of carbonyl (C=O) groups excluding carboxylic acids is 2. The normalized spacial score (nSPS) is 13.6. The maximum atomic E-state index is 13.1. The van der Waals surface area contributed by atoms with E-state index in [1.165, 1.54) is 12.4 Å². The van der Waals surface area contributed by atoms with Gasteiger partial charge in [-0.05, 0) is 29.7 Å². The van der Waals surface area contributed by atoms with Crippen LogP contribution in [-0.2, 0) is 13.0 Å². The van der Waals surface area contributed by atoms with Gasteiger partial charge >= 0.3 is 0 Å². The maximum absolute atomic E-state index is 13.1. The van der Waals surface area contributed by atoms with Gasteiger partial charge in [0.1, 0.15) is 11.4 Å². The van der Waals surface area contributed by atoms with E-state index in [2.05, 4.69) is 15.3 Å². The SMILES string of the molecule is CN(C)c1ccc(C(=O)N2CCc3c(c[nH]c(=O)c3C(=O)NCC(C)(F)F)C2)cn1. The van der Waals surface area contributed by atoms with E-state index < -0.39 is 23.9 Å². The van der Waals surface area contributed by atoms with E-state index in [-0.39, 0.29) is 31.0 Å². The highest BCUT2D eigenvalue weighted by Crippen LogP contribution is 2.22. The van der Waals surface area contributed by atoms with Crippen LogP contribution in [0.5, 0.6) is 0 Å². The molecular weight excluding hydrogens is 396 g/mol. The maximum Gasteiger partial charge on any atom is 0.262 e. The van der Waals surface area contributed by atoms with Crippen LogP contribution in [0.1, 0.15) is 38.8 Å². The van der Waals surface area contributed by atoms with Crippen LogP contribution in [0, 0.1) is 0 Å². The first-order chi connectivity index (χ1) is 14.1. The fraction of sp³-hybridized carbons (Fsp3) is 0.400. The number of H-pyrrole nitrogens is 1. The first-order valence-electron chi connectivity index (χ1n) is 9.39. The summed E-state index contributed by atoms with van der Waals surface area (Å²) in [5.74, 6) is -3.43. The van der Waals surface area contributed by atoms with Gasteiger partial charge in [-0.15, -0.1) is 0 Å². The molecule has 1 aliphatic rings. The zero-order valence-electron chi connectivity index (χ0n) is 17.0. The third-order valence-corrected chi connectivity index (χ3v) is 4.81. The lowest BCUT2D eigenvalue weighted by Gasteiger charge is -2.29. The highest BCUT2D eigenvalue weighted by Gasteiger charge is 2.29. The summed E-state index contributed by atoms with van der Waals surface area (Å²) in [7, 11) is 3.70. The largest absolute Gasteiger partial charge is 0.363 e. The summed E-state index contributed by atoms with van der Waals surface area (Å²) in [6.07, 6.45) is 3.22. The third-order valence-electron chi connectivity index (χ3n) is 4.81. The summed E-state index contributed by atoms with van der Waals surface area (Å²) in [4.78, 5) is 47.5. The Bertz CT molecular complexity index is 1010. The number of anilines is 1. The lowest BCUT2D eigenvalue weighted by Crippen LogP contribution is -2.41. The lowest BCUT2D eigenvalue weighted by molar-refractivity contribution is 0.0220. The topological polar surface area (TPSA) is 98.4 Å². The highest BCUT2D eigenvalue weighted by molar-refractivity contribution is 5.96. The monoisotopic (exact) mass is 419 g/mol. The Kier molecular flexibility index (Phi) is 5.86. The Morgan fingerprint density at radius 1 is 1.33 bits per heavy atom. The van der Waals surface area contributed by atoms with E-state index >= 15 is 0 Å². The minimum absolute atomic E-state index is 0.180. The zero-order chi connectivity index (χ0) is 22.1. The van der Waals surface area contributed by atoms with Crippen LogP contribution in [-0.4, -0.2) is 59.8 Å². The summed E-state index contributed by atoms with van der Waals surface area (Å²) in [5.41, 5.74) is 0.674. The molecule has 0 spiro atoms. The molecule has 2 aromatic rings. The number of carbonyl (C=O) groups is 2. The molecule has 0 saturated heterocycles. The molecule has 3 rings (SSSR count). The molecule has 0 unspecified atom stereocenters. The molecule has 2 amide bonds. The van der Waals surface area contributed by atoms with Crippen molar-refractivity contribution in [3.63, 3.8) is 0 Å². The van der Waals surface area contributed by atoms with Gasteiger partial charge in [-0.2, -0.15) is 0 Å². The van der Waals surface area contributed by atoms with Crippen LogP contribution in [0.2, 0.25) is 0 Å². The minimum Gasteiger partial charge on any atom is -0.363 e. The first-order valence-corrected chi connectivity index (χ1v) is 9.39. The van der Waals surface area contributed by atoms with Crippen molar-refractivity contribution in [3.8, 4) is 0 Å². The van der Waals surface area contributed by atoms with Crippen molar-refractivity contribution >= 4 is 17.6 Å². The van der Waals surface area contributed by atoms with Gasteiger partial charge in [0.2, 0.25) is 0 Å². The van der Waals surface area contributed by atoms with Crippen LogP contribution < -0.4 is 15.8 Å². The Morgan fingerprint density at radius 3 is 2.67 bits per heavy atom. The van der Waals surface area contributed by atoms with E-state index in [1.54, 1.807) is 17.0 Å². The number of alkyl halides is 2. The molecule has 0 saturated carbocycles. The van der Waals surface area contributed by atoms with E-state index in [0.29, 0.717) is 23.6 Å². The molecule has 0 aromatic carbocycles. The summed E-state index contributed by atoms with van der Waals surface area (Å²) in [6, 6.07) is 3.44. The highest BCUT2D eigenvalue weighted by atomic mass is 19.3. The fourth-order valence-electron chi connectivity index (χ4n) is 3.26. The summed E-state index contributed by atoms with van der Waals surface area (Å²) >= 11 is 0. The Balaban J connectivity index is 1.80. The summed E-state index contributed by atoms with van der Waals surface area (Å²) < 4.78 is 26.1. The number of hydrogen-bond donors (Lipinski definition) is 2. The number of halogens is 2. The molecule has 10 heteroatoms. The Morgan fingerprint density at radius 2 is 2.07 bits per heavy atom. The number of aromatic amines is 1. The van der Waals surface area contributed by atoms with Crippen LogP contribution in [0.3, 0.4) is 0 Å². The molecule has 2 N–H and O–H groups in total. The second kappa shape index (κ2) is 8.21. The van der Waals surface area contributed by atoms with Crippen molar-refractivity contribution in [2.75, 3.05) is 32.1 Å². The van der Waals surface area contributed by atoms with E-state index in [9.17, 15) is 23.2 Å². The van der Waals surface area contributed by atoms with Gasteiger partial charge in [0.25, 0.3) is 23.3 Å². The summed E-state index contributed by atoms with van der Waals surface area (Å²) in [5, 5.41) is 2.10. The predicted molar refractivity (Wildman–Crippen MR) is 107 cm³/mol. The van der Waals surface area contributed by atoms with Gasteiger partial charge in [-0.1, -0.05) is 0 Å². The Hall–Kier alpha value is -3.30. The first kappa shape index (κ1) is 21.4. The average molecular weight is 419 g/mol. The number of hydrogen-bond acceptors (Lipinski definition) is 5. The molecule has 30 heavy (non-hydrogen) atoms. The van der Waals surface area contributed by atoms with Gasteiger partial charge in [0, 0.05) is 46.5 Å². The number of nitrogens with zero attached hydrogens (tertiary/aromatic N) is 3. The van der Waals surface area contributed by atoms with Crippen molar-refractivity contribution in [2.24, 2.45) is 0 Å². The summed E-state index contributed by atoms with van der Waals surface area (Å²) in [6.45, 7) is 0.288. The molecule has 2 aromatic heterocycles. The van der Waals surface area contributed by atoms with Gasteiger partial charge < -0.3 is 20.1 Å².